The van der Waals surface area contributed by atoms with Gasteiger partial charge in [-0.15, -0.1) is 0 Å². The molecule has 1 heterocycles. The van der Waals surface area contributed by atoms with Gasteiger partial charge in [0.1, 0.15) is 12.2 Å². The zero-order valence-corrected chi connectivity index (χ0v) is 17.3. The molecule has 0 radical (unpaired) electrons. The Morgan fingerprint density at radius 3 is 2.46 bits per heavy atom. The standard InChI is InChI=1S/C18H28O9S/c1-5-16(3,4)15(22)25-10(2)14(21)26-12-13-18(9-20)7-17(12,8-19)6-11(18)28(23,24)27-13/h10-13,19-20H,5-9H2,1-4H3. The molecule has 3 rings (SSSR count). The van der Waals surface area contributed by atoms with E-state index < -0.39 is 75.1 Å². The van der Waals surface area contributed by atoms with Crippen LogP contribution in [0.15, 0.2) is 0 Å². The second-order valence-corrected chi connectivity index (χ2v) is 10.7. The fraction of sp³-hybridized carbons (Fsp3) is 0.889. The number of carbonyl (C=O) groups excluding carboxylic acids is 2. The number of carbonyl (C=O) groups is 2. The Bertz CT molecular complexity index is 776. The van der Waals surface area contributed by atoms with Crippen LogP contribution in [0.5, 0.6) is 0 Å². The SMILES string of the molecule is CCC(C)(C)C(=O)OC(C)C(=O)OC1C2OS(=O)(=O)C3CC1(CO)CC23CO. The van der Waals surface area contributed by atoms with Crippen molar-refractivity contribution in [3.63, 3.8) is 0 Å². The second-order valence-electron chi connectivity index (χ2n) is 8.93. The highest BCUT2D eigenvalue weighted by molar-refractivity contribution is 7.87. The van der Waals surface area contributed by atoms with Gasteiger partial charge in [-0.25, -0.2) is 4.79 Å². The van der Waals surface area contributed by atoms with E-state index in [9.17, 15) is 28.2 Å². The summed E-state index contributed by atoms with van der Waals surface area (Å²) in [5.74, 6) is -1.39. The first-order chi connectivity index (χ1) is 12.9. The molecule has 3 fully saturated rings. The molecule has 3 aliphatic rings. The molecule has 1 aliphatic heterocycles. The molecule has 0 spiro atoms. The Morgan fingerprint density at radius 1 is 1.29 bits per heavy atom. The maximum absolute atomic E-state index is 12.6. The lowest BCUT2D eigenvalue weighted by molar-refractivity contribution is -0.184. The van der Waals surface area contributed by atoms with Gasteiger partial charge in [0.05, 0.1) is 23.9 Å². The largest absolute Gasteiger partial charge is 0.456 e. The van der Waals surface area contributed by atoms with Gasteiger partial charge in [0.15, 0.2) is 6.10 Å². The third kappa shape index (κ3) is 2.88. The zero-order chi connectivity index (χ0) is 21.1. The summed E-state index contributed by atoms with van der Waals surface area (Å²) in [7, 11) is -3.93. The Labute approximate surface area is 164 Å². The third-order valence-corrected chi connectivity index (χ3v) is 8.66. The van der Waals surface area contributed by atoms with Crippen molar-refractivity contribution in [3.8, 4) is 0 Å². The first-order valence-electron chi connectivity index (χ1n) is 9.44. The van der Waals surface area contributed by atoms with Crippen LogP contribution in [0.4, 0.5) is 0 Å². The van der Waals surface area contributed by atoms with Crippen LogP contribution >= 0.6 is 0 Å². The van der Waals surface area contributed by atoms with Gasteiger partial charge in [-0.3, -0.25) is 8.98 Å². The fourth-order valence-electron chi connectivity index (χ4n) is 4.66. The number of aliphatic hydroxyl groups excluding tert-OH is 2. The van der Waals surface area contributed by atoms with Crippen LogP contribution < -0.4 is 0 Å². The summed E-state index contributed by atoms with van der Waals surface area (Å²) in [6.45, 7) is 5.75. The van der Waals surface area contributed by atoms with Crippen LogP contribution in [0.1, 0.15) is 47.0 Å². The Kier molecular flexibility index (Phi) is 5.10. The quantitative estimate of drug-likeness (QED) is 0.435. The van der Waals surface area contributed by atoms with Gasteiger partial charge >= 0.3 is 11.9 Å². The average Bonchev–Trinajstić information content (AvgIpc) is 3.17. The van der Waals surface area contributed by atoms with Crippen LogP contribution in [-0.4, -0.2) is 67.3 Å². The first-order valence-corrected chi connectivity index (χ1v) is 10.9. The molecule has 0 amide bonds. The normalized spacial score (nSPS) is 39.0. The van der Waals surface area contributed by atoms with E-state index in [0.29, 0.717) is 6.42 Å². The molecular weight excluding hydrogens is 392 g/mol. The van der Waals surface area contributed by atoms with Crippen LogP contribution in [0.25, 0.3) is 0 Å². The molecule has 6 unspecified atom stereocenters. The van der Waals surface area contributed by atoms with Crippen LogP contribution in [-0.2, 0) is 33.4 Å². The molecule has 0 aromatic carbocycles. The van der Waals surface area contributed by atoms with E-state index >= 15 is 0 Å². The van der Waals surface area contributed by atoms with Crippen molar-refractivity contribution in [2.45, 2.75) is 70.5 Å². The van der Waals surface area contributed by atoms with Gasteiger partial charge in [-0.2, -0.15) is 8.42 Å². The molecule has 160 valence electrons. The number of rotatable bonds is 7. The Morgan fingerprint density at radius 2 is 1.93 bits per heavy atom. The molecule has 0 aromatic heterocycles. The monoisotopic (exact) mass is 420 g/mol. The molecule has 0 aromatic rings. The fourth-order valence-corrected chi connectivity index (χ4v) is 6.78. The topological polar surface area (TPSA) is 136 Å². The number of esters is 2. The van der Waals surface area contributed by atoms with Crippen molar-refractivity contribution >= 4 is 22.1 Å². The Balaban J connectivity index is 1.79. The molecule has 28 heavy (non-hydrogen) atoms. The summed E-state index contributed by atoms with van der Waals surface area (Å²) < 4.78 is 40.6. The van der Waals surface area contributed by atoms with Gasteiger partial charge in [0, 0.05) is 10.8 Å². The van der Waals surface area contributed by atoms with Crippen molar-refractivity contribution in [2.24, 2.45) is 16.2 Å². The molecule has 1 saturated heterocycles. The van der Waals surface area contributed by atoms with E-state index in [1.165, 1.54) is 6.92 Å². The maximum Gasteiger partial charge on any atom is 0.347 e. The Hall–Kier alpha value is -1.23. The predicted molar refractivity (Wildman–Crippen MR) is 95.4 cm³/mol. The highest BCUT2D eigenvalue weighted by Crippen LogP contribution is 2.68. The van der Waals surface area contributed by atoms with E-state index in [4.69, 9.17) is 13.7 Å². The number of hydrogen-bond acceptors (Lipinski definition) is 9. The lowest BCUT2D eigenvalue weighted by Gasteiger charge is -2.36. The molecule has 2 N–H and O–H groups in total. The minimum Gasteiger partial charge on any atom is -0.456 e. The summed E-state index contributed by atoms with van der Waals surface area (Å²) in [5.41, 5.74) is -2.87. The van der Waals surface area contributed by atoms with Crippen molar-refractivity contribution in [2.75, 3.05) is 13.2 Å². The van der Waals surface area contributed by atoms with E-state index in [2.05, 4.69) is 0 Å². The van der Waals surface area contributed by atoms with Crippen LogP contribution in [0.3, 0.4) is 0 Å². The summed E-state index contributed by atoms with van der Waals surface area (Å²) >= 11 is 0. The predicted octanol–water partition coefficient (Wildman–Crippen LogP) is 0.128. The van der Waals surface area contributed by atoms with E-state index in [0.717, 1.165) is 0 Å². The maximum atomic E-state index is 12.6. The molecule has 2 bridgehead atoms. The molecule has 10 heteroatoms. The van der Waals surface area contributed by atoms with Crippen LogP contribution in [0, 0.1) is 16.2 Å². The molecule has 2 saturated carbocycles. The van der Waals surface area contributed by atoms with Crippen molar-refractivity contribution < 1.29 is 41.9 Å². The number of ether oxygens (including phenoxy) is 2. The van der Waals surface area contributed by atoms with Gasteiger partial charge in [-0.05, 0) is 40.0 Å². The number of hydrogen-bond donors (Lipinski definition) is 2. The summed E-state index contributed by atoms with van der Waals surface area (Å²) in [5, 5.41) is 19.0. The zero-order valence-electron chi connectivity index (χ0n) is 16.5. The van der Waals surface area contributed by atoms with Gasteiger partial charge in [0.25, 0.3) is 10.1 Å². The van der Waals surface area contributed by atoms with Crippen molar-refractivity contribution in [3.05, 3.63) is 0 Å². The first kappa shape index (κ1) is 21.5. The molecule has 2 aliphatic carbocycles. The smallest absolute Gasteiger partial charge is 0.347 e. The van der Waals surface area contributed by atoms with E-state index in [1.807, 2.05) is 6.92 Å². The average molecular weight is 420 g/mol. The van der Waals surface area contributed by atoms with E-state index in [-0.39, 0.29) is 12.8 Å². The lowest BCUT2D eigenvalue weighted by atomic mass is 9.78. The summed E-state index contributed by atoms with van der Waals surface area (Å²) in [6.07, 6.45) is -2.57. The number of fused-ring (bicyclic) bond motifs is 1. The third-order valence-electron chi connectivity index (χ3n) is 6.85. The van der Waals surface area contributed by atoms with E-state index in [1.54, 1.807) is 13.8 Å². The highest BCUT2D eigenvalue weighted by Gasteiger charge is 2.79. The second kappa shape index (κ2) is 6.65. The number of aliphatic hydroxyl groups is 2. The minimum atomic E-state index is -3.93. The molecular formula is C18H28O9S. The lowest BCUT2D eigenvalue weighted by Crippen LogP contribution is -2.51. The van der Waals surface area contributed by atoms with Gasteiger partial charge in [-0.1, -0.05) is 6.92 Å². The van der Waals surface area contributed by atoms with Gasteiger partial charge < -0.3 is 19.7 Å². The highest BCUT2D eigenvalue weighted by atomic mass is 32.2. The van der Waals surface area contributed by atoms with Crippen LogP contribution in [0.2, 0.25) is 0 Å². The van der Waals surface area contributed by atoms with Crippen molar-refractivity contribution in [1.82, 2.24) is 0 Å². The molecule has 6 atom stereocenters. The van der Waals surface area contributed by atoms with Gasteiger partial charge in [0.2, 0.25) is 0 Å². The summed E-state index contributed by atoms with van der Waals surface area (Å²) in [6, 6.07) is 0. The van der Waals surface area contributed by atoms with Crippen molar-refractivity contribution in [1.29, 1.82) is 0 Å². The summed E-state index contributed by atoms with van der Waals surface area (Å²) in [4.78, 5) is 24.8. The minimum absolute atomic E-state index is 0.0396. The molecule has 9 nitrogen and oxygen atoms in total.